The van der Waals surface area contributed by atoms with Crippen LogP contribution in [0.4, 0.5) is 16.4 Å². The Morgan fingerprint density at radius 2 is 1.88 bits per heavy atom. The third-order valence-corrected chi connectivity index (χ3v) is 4.84. The van der Waals surface area contributed by atoms with Crippen LogP contribution >= 0.6 is 0 Å². The van der Waals surface area contributed by atoms with Crippen LogP contribution in [0.3, 0.4) is 0 Å². The number of nitrogens with two attached hydrogens (primary N) is 1. The molecule has 8 nitrogen and oxygen atoms in total. The lowest BCUT2D eigenvalue weighted by Gasteiger charge is -2.54. The topological polar surface area (TPSA) is 93.8 Å². The molecule has 1 aromatic rings. The van der Waals surface area contributed by atoms with Crippen molar-refractivity contribution >= 4 is 17.7 Å². The second kappa shape index (κ2) is 6.24. The fourth-order valence-electron chi connectivity index (χ4n) is 3.52. The lowest BCUT2D eigenvalue weighted by Crippen LogP contribution is -2.61. The number of nitrogens with zero attached hydrogens (tertiary/aromatic N) is 4. The molecule has 8 heteroatoms. The van der Waals surface area contributed by atoms with Gasteiger partial charge in [-0.15, -0.1) is 0 Å². The van der Waals surface area contributed by atoms with Crippen molar-refractivity contribution in [3.05, 3.63) is 6.33 Å². The van der Waals surface area contributed by atoms with E-state index in [0.29, 0.717) is 11.6 Å². The first kappa shape index (κ1) is 17.6. The molecule has 0 aromatic carbocycles. The van der Waals surface area contributed by atoms with E-state index in [4.69, 9.17) is 15.2 Å². The maximum absolute atomic E-state index is 12.2. The van der Waals surface area contributed by atoms with Crippen LogP contribution in [0.1, 0.15) is 33.6 Å². The minimum Gasteiger partial charge on any atom is -0.490 e. The molecule has 25 heavy (non-hydrogen) atoms. The largest absolute Gasteiger partial charge is 0.490 e. The monoisotopic (exact) mass is 349 g/mol. The van der Waals surface area contributed by atoms with Crippen molar-refractivity contribution in [3.63, 3.8) is 0 Å². The lowest BCUT2D eigenvalue weighted by molar-refractivity contribution is 0.00586. The molecule has 1 aromatic heterocycles. The number of piperidine rings is 1. The summed E-state index contributed by atoms with van der Waals surface area (Å²) in [5.74, 6) is 1.63. The fraction of sp³-hybridized carbons (Fsp3) is 0.706. The highest BCUT2D eigenvalue weighted by atomic mass is 16.6. The zero-order valence-electron chi connectivity index (χ0n) is 15.4. The smallest absolute Gasteiger partial charge is 0.410 e. The summed E-state index contributed by atoms with van der Waals surface area (Å²) in [5, 5.41) is 0. The van der Waals surface area contributed by atoms with E-state index in [1.54, 1.807) is 7.11 Å². The molecule has 0 atom stereocenters. The summed E-state index contributed by atoms with van der Waals surface area (Å²) in [6.07, 6.45) is 3.17. The van der Waals surface area contributed by atoms with Gasteiger partial charge >= 0.3 is 6.09 Å². The molecule has 0 aliphatic carbocycles. The van der Waals surface area contributed by atoms with E-state index >= 15 is 0 Å². The third-order valence-electron chi connectivity index (χ3n) is 4.84. The number of carbonyl (C=O) groups is 1. The predicted octanol–water partition coefficient (Wildman–Crippen LogP) is 1.90. The SMILES string of the molecule is COc1c(N)ncnc1N1CC2(CCN(C(=O)OC(C)(C)C)CC2)C1. The summed E-state index contributed by atoms with van der Waals surface area (Å²) >= 11 is 0. The maximum atomic E-state index is 12.2. The Labute approximate surface area is 148 Å². The standard InChI is InChI=1S/C17H27N5O3/c1-16(2,3)25-15(23)21-7-5-17(6-8-21)9-22(10-17)14-12(24-4)13(18)19-11-20-14/h11H,5-10H2,1-4H3,(H2,18,19,20). The van der Waals surface area contributed by atoms with E-state index in [1.807, 2.05) is 25.7 Å². The molecule has 2 saturated heterocycles. The molecule has 2 N–H and O–H groups in total. The second-order valence-corrected chi connectivity index (χ2v) is 7.94. The highest BCUT2D eigenvalue weighted by Crippen LogP contribution is 2.45. The van der Waals surface area contributed by atoms with Gasteiger partial charge in [0.1, 0.15) is 11.9 Å². The van der Waals surface area contributed by atoms with Gasteiger partial charge in [0, 0.05) is 31.6 Å². The van der Waals surface area contributed by atoms with Crippen LogP contribution in [0.2, 0.25) is 0 Å². The molecular formula is C17H27N5O3. The summed E-state index contributed by atoms with van der Waals surface area (Å²) < 4.78 is 10.8. The van der Waals surface area contributed by atoms with Crippen molar-refractivity contribution in [3.8, 4) is 5.75 Å². The minimum atomic E-state index is -0.455. The number of likely N-dealkylation sites (tertiary alicyclic amines) is 1. The quantitative estimate of drug-likeness (QED) is 0.871. The Kier molecular flexibility index (Phi) is 4.38. The van der Waals surface area contributed by atoms with Gasteiger partial charge in [-0.3, -0.25) is 0 Å². The summed E-state index contributed by atoms with van der Waals surface area (Å²) in [5.41, 5.74) is 5.63. The van der Waals surface area contributed by atoms with Crippen molar-refractivity contribution in [2.45, 2.75) is 39.2 Å². The van der Waals surface area contributed by atoms with E-state index in [1.165, 1.54) is 6.33 Å². The zero-order chi connectivity index (χ0) is 18.2. The number of anilines is 2. The molecule has 2 aliphatic rings. The van der Waals surface area contributed by atoms with Gasteiger partial charge in [0.05, 0.1) is 7.11 Å². The van der Waals surface area contributed by atoms with E-state index in [2.05, 4.69) is 14.9 Å². The van der Waals surface area contributed by atoms with Crippen LogP contribution < -0.4 is 15.4 Å². The molecule has 138 valence electrons. The molecule has 0 saturated carbocycles. The van der Waals surface area contributed by atoms with Gasteiger partial charge in [0.2, 0.25) is 5.75 Å². The van der Waals surface area contributed by atoms with Crippen LogP contribution in [0.25, 0.3) is 0 Å². The van der Waals surface area contributed by atoms with Crippen LogP contribution in [0, 0.1) is 5.41 Å². The first-order valence-corrected chi connectivity index (χ1v) is 8.60. The minimum absolute atomic E-state index is 0.219. The molecule has 0 radical (unpaired) electrons. The Morgan fingerprint density at radius 1 is 1.24 bits per heavy atom. The first-order chi connectivity index (χ1) is 11.7. The van der Waals surface area contributed by atoms with Crippen molar-refractivity contribution in [2.24, 2.45) is 5.41 Å². The molecule has 1 amide bonds. The van der Waals surface area contributed by atoms with Crippen molar-refractivity contribution in [1.29, 1.82) is 0 Å². The summed E-state index contributed by atoms with van der Waals surface area (Å²) in [4.78, 5) is 24.4. The Bertz CT molecular complexity index is 642. The maximum Gasteiger partial charge on any atom is 0.410 e. The summed E-state index contributed by atoms with van der Waals surface area (Å²) in [7, 11) is 1.58. The van der Waals surface area contributed by atoms with Gasteiger partial charge in [0.25, 0.3) is 0 Å². The number of methoxy groups -OCH3 is 1. The Hall–Kier alpha value is -2.25. The van der Waals surface area contributed by atoms with Crippen LogP contribution in [0.5, 0.6) is 5.75 Å². The molecule has 0 bridgehead atoms. The van der Waals surface area contributed by atoms with Crippen molar-refractivity contribution in [2.75, 3.05) is 43.9 Å². The molecule has 0 unspecified atom stereocenters. The number of aromatic nitrogens is 2. The average Bonchev–Trinajstić information content (AvgIpc) is 2.51. The Morgan fingerprint density at radius 3 is 2.44 bits per heavy atom. The summed E-state index contributed by atoms with van der Waals surface area (Å²) in [6.45, 7) is 8.91. The van der Waals surface area contributed by atoms with E-state index in [0.717, 1.165) is 44.8 Å². The molecule has 3 heterocycles. The van der Waals surface area contributed by atoms with E-state index in [9.17, 15) is 4.79 Å². The first-order valence-electron chi connectivity index (χ1n) is 8.60. The van der Waals surface area contributed by atoms with Crippen molar-refractivity contribution in [1.82, 2.24) is 14.9 Å². The molecule has 3 rings (SSSR count). The van der Waals surface area contributed by atoms with Gasteiger partial charge in [-0.1, -0.05) is 0 Å². The summed E-state index contributed by atoms with van der Waals surface area (Å²) in [6, 6.07) is 0. The molecular weight excluding hydrogens is 322 g/mol. The van der Waals surface area contributed by atoms with E-state index in [-0.39, 0.29) is 11.5 Å². The number of rotatable bonds is 2. The lowest BCUT2D eigenvalue weighted by atomic mass is 9.72. The second-order valence-electron chi connectivity index (χ2n) is 7.94. The van der Waals surface area contributed by atoms with Crippen LogP contribution in [-0.4, -0.2) is 59.9 Å². The van der Waals surface area contributed by atoms with Crippen molar-refractivity contribution < 1.29 is 14.3 Å². The average molecular weight is 349 g/mol. The number of hydrogen-bond acceptors (Lipinski definition) is 7. The molecule has 2 fully saturated rings. The molecule has 1 spiro atoms. The number of carbonyl (C=O) groups excluding carboxylic acids is 1. The normalized spacial score (nSPS) is 19.5. The fourth-order valence-corrected chi connectivity index (χ4v) is 3.52. The zero-order valence-corrected chi connectivity index (χ0v) is 15.4. The van der Waals surface area contributed by atoms with Gasteiger partial charge in [-0.25, -0.2) is 14.8 Å². The number of amides is 1. The van der Waals surface area contributed by atoms with Crippen LogP contribution in [0.15, 0.2) is 6.33 Å². The number of hydrogen-bond donors (Lipinski definition) is 1. The van der Waals surface area contributed by atoms with Gasteiger partial charge < -0.3 is 25.0 Å². The highest BCUT2D eigenvalue weighted by Gasteiger charge is 2.47. The van der Waals surface area contributed by atoms with Gasteiger partial charge in [0.15, 0.2) is 11.6 Å². The molecule has 2 aliphatic heterocycles. The van der Waals surface area contributed by atoms with Crippen LogP contribution in [-0.2, 0) is 4.74 Å². The predicted molar refractivity (Wildman–Crippen MR) is 94.7 cm³/mol. The highest BCUT2D eigenvalue weighted by molar-refractivity contribution is 5.68. The van der Waals surface area contributed by atoms with E-state index < -0.39 is 5.60 Å². The van der Waals surface area contributed by atoms with Gasteiger partial charge in [-0.2, -0.15) is 0 Å². The number of nitrogen functional groups attached to an aromatic ring is 1. The third kappa shape index (κ3) is 3.57. The van der Waals surface area contributed by atoms with Gasteiger partial charge in [-0.05, 0) is 33.6 Å². The number of ether oxygens (including phenoxy) is 2. The Balaban J connectivity index is 1.57.